The average Bonchev–Trinajstić information content (AvgIpc) is 3.50. The third-order valence-electron chi connectivity index (χ3n) is 5.63. The molecule has 25 heteroatoms. The summed E-state index contributed by atoms with van der Waals surface area (Å²) in [5, 5.41) is 3.53. The molecular weight excluding hydrogens is 643 g/mol. The van der Waals surface area contributed by atoms with Gasteiger partial charge in [0.1, 0.15) is 30.3 Å². The number of fused-ring (bicyclic) bond motifs is 1. The van der Waals surface area contributed by atoms with Crippen LogP contribution in [0.2, 0.25) is 0 Å². The minimum Gasteiger partial charge on any atom is -0.456 e. The van der Waals surface area contributed by atoms with Crippen LogP contribution < -0.4 is 5.73 Å². The monoisotopic (exact) mass is 665 g/mol. The van der Waals surface area contributed by atoms with Gasteiger partial charge in [0.05, 0.1) is 30.2 Å². The van der Waals surface area contributed by atoms with Crippen molar-refractivity contribution in [2.75, 3.05) is 12.3 Å². The second-order valence-corrected chi connectivity index (χ2v) is 13.0. The van der Waals surface area contributed by atoms with Gasteiger partial charge in [-0.05, 0) is 17.7 Å². The summed E-state index contributed by atoms with van der Waals surface area (Å²) in [5.74, 6) is -0.880. The van der Waals surface area contributed by atoms with Crippen LogP contribution in [-0.2, 0) is 36.3 Å². The Morgan fingerprint density at radius 3 is 2.65 bits per heavy atom. The highest BCUT2D eigenvalue weighted by atomic mass is 31.3. The Hall–Kier alpha value is -3.35. The highest BCUT2D eigenvalue weighted by Gasteiger charge is 2.44. The summed E-state index contributed by atoms with van der Waals surface area (Å²) in [6.07, 6.45) is 0.159. The van der Waals surface area contributed by atoms with Crippen molar-refractivity contribution >= 4 is 46.4 Å². The Kier molecular flexibility index (Phi) is 9.63. The summed E-state index contributed by atoms with van der Waals surface area (Å²) in [7, 11) is -16.9. The second-order valence-electron chi connectivity index (χ2n) is 8.60. The van der Waals surface area contributed by atoms with Gasteiger partial charge in [0.25, 0.3) is 0 Å². The first-order chi connectivity index (χ1) is 20.1. The minimum absolute atomic E-state index is 0.0622. The number of rotatable bonds is 12. The van der Waals surface area contributed by atoms with Gasteiger partial charge in [-0.15, -0.1) is 0 Å². The van der Waals surface area contributed by atoms with Gasteiger partial charge < -0.3 is 34.8 Å². The van der Waals surface area contributed by atoms with E-state index in [9.17, 15) is 28.3 Å². The highest BCUT2D eigenvalue weighted by Crippen LogP contribution is 2.66. The maximum Gasteiger partial charge on any atom is 0.490 e. The van der Waals surface area contributed by atoms with Crippen molar-refractivity contribution < 1.29 is 60.7 Å². The van der Waals surface area contributed by atoms with Gasteiger partial charge in [0.15, 0.2) is 11.5 Å². The molecule has 22 nitrogen and oxygen atoms in total. The summed E-state index contributed by atoms with van der Waals surface area (Å²) >= 11 is 0. The number of nitrogen functional groups attached to an aromatic ring is 1. The number of pyridine rings is 1. The van der Waals surface area contributed by atoms with Crippen LogP contribution in [0.3, 0.4) is 0 Å². The summed E-state index contributed by atoms with van der Waals surface area (Å²) in [5.41, 5.74) is 15.1. The fourth-order valence-corrected chi connectivity index (χ4v) is 6.98. The predicted octanol–water partition coefficient (Wildman–Crippen LogP) is 2.03. The number of hydrogen-bond donors (Lipinski definition) is 5. The number of nitrogens with zero attached hydrogens (tertiary/aromatic N) is 8. The number of hydrogen-bond acceptors (Lipinski definition) is 15. The Morgan fingerprint density at radius 1 is 1.21 bits per heavy atom. The van der Waals surface area contributed by atoms with Crippen molar-refractivity contribution in [2.24, 2.45) is 5.11 Å². The largest absolute Gasteiger partial charge is 0.490 e. The lowest BCUT2D eigenvalue weighted by molar-refractivity contribution is -0.0490. The van der Waals surface area contributed by atoms with E-state index in [0.29, 0.717) is 0 Å². The van der Waals surface area contributed by atoms with Crippen LogP contribution in [0.25, 0.3) is 21.6 Å². The number of ether oxygens (including phenoxy) is 2. The van der Waals surface area contributed by atoms with Crippen LogP contribution in [0.5, 0.6) is 0 Å². The molecule has 0 spiro atoms. The third-order valence-corrected chi connectivity index (χ3v) is 9.44. The van der Waals surface area contributed by atoms with Crippen LogP contribution in [0, 0.1) is 0 Å². The normalized spacial score (nSPS) is 22.3. The van der Waals surface area contributed by atoms with E-state index in [1.165, 1.54) is 42.5 Å². The molecule has 1 saturated heterocycles. The van der Waals surface area contributed by atoms with Crippen LogP contribution in [-0.4, -0.2) is 68.9 Å². The molecule has 0 amide bonds. The van der Waals surface area contributed by atoms with E-state index in [2.05, 4.69) is 38.6 Å². The zero-order valence-electron chi connectivity index (χ0n) is 21.6. The zero-order valence-corrected chi connectivity index (χ0v) is 24.3. The van der Waals surface area contributed by atoms with E-state index in [1.54, 1.807) is 0 Å². The van der Waals surface area contributed by atoms with Crippen LogP contribution in [0.15, 0.2) is 36.1 Å². The number of phosphoric ester groups is 1. The van der Waals surface area contributed by atoms with Crippen LogP contribution in [0.4, 0.5) is 5.82 Å². The van der Waals surface area contributed by atoms with Crippen molar-refractivity contribution in [1.82, 2.24) is 24.5 Å². The molecule has 3 unspecified atom stereocenters. The Morgan fingerprint density at radius 2 is 1.95 bits per heavy atom. The fourth-order valence-electron chi connectivity index (χ4n) is 3.95. The second kappa shape index (κ2) is 12.7. The van der Waals surface area contributed by atoms with E-state index in [0.717, 1.165) is 0 Å². The number of esters is 1. The van der Waals surface area contributed by atoms with Gasteiger partial charge in [0, 0.05) is 17.5 Å². The first-order valence-electron chi connectivity index (χ1n) is 11.7. The molecule has 0 aromatic carbocycles. The average molecular weight is 665 g/mol. The lowest BCUT2D eigenvalue weighted by Gasteiger charge is -2.21. The number of carbonyl (C=O) groups excluding carboxylic acids is 1. The molecule has 1 aliphatic heterocycles. The molecule has 4 rings (SSSR count). The van der Waals surface area contributed by atoms with E-state index < -0.39 is 60.5 Å². The molecule has 43 heavy (non-hydrogen) atoms. The van der Waals surface area contributed by atoms with Gasteiger partial charge in [-0.25, -0.2) is 33.4 Å². The number of anilines is 1. The van der Waals surface area contributed by atoms with Crippen molar-refractivity contribution in [1.29, 1.82) is 0 Å². The van der Waals surface area contributed by atoms with Crippen molar-refractivity contribution in [2.45, 2.75) is 37.8 Å². The van der Waals surface area contributed by atoms with Gasteiger partial charge in [0.2, 0.25) is 0 Å². The van der Waals surface area contributed by atoms with Crippen molar-refractivity contribution in [3.8, 4) is 0 Å². The Labute approximate surface area is 239 Å². The van der Waals surface area contributed by atoms with Crippen molar-refractivity contribution in [3.63, 3.8) is 0 Å². The predicted molar refractivity (Wildman–Crippen MR) is 139 cm³/mol. The topological polar surface area (TPSA) is 327 Å². The molecular formula is C18H22N9O13P3. The molecule has 3 aromatic heterocycles. The first-order valence-corrected chi connectivity index (χ1v) is 16.2. The fraction of sp³-hybridized carbons (Fsp3) is 0.389. The first kappa shape index (κ1) is 32.6. The number of aromatic nitrogens is 5. The van der Waals surface area contributed by atoms with E-state index in [1.807, 2.05) is 0 Å². The molecule has 1 aliphatic rings. The lowest BCUT2D eigenvalue weighted by Crippen LogP contribution is -2.31. The molecule has 4 heterocycles. The zero-order chi connectivity index (χ0) is 31.6. The molecule has 3 aromatic rings. The summed E-state index contributed by atoms with van der Waals surface area (Å²) in [4.78, 5) is 68.8. The number of azide groups is 1. The standard InChI is InChI=1S/C18H22N9O13P3/c1-9(25-26-20)14-10(3-2-4-21-14)18(28)38-11-5-13(27-8-24-15-16(19)22-7-23-17(15)27)37-12(11)6-36-42(32,33)40-43(34,35)39-41(29,30)31/h2-4,7-9,11-13H,5-6H2,1H3,(H,32,33)(H,34,35)(H2,19,22,23)(H2,29,30,31)/t9?,11-,12-,13-/m1/s1. The smallest absolute Gasteiger partial charge is 0.456 e. The van der Waals surface area contributed by atoms with Gasteiger partial charge in [-0.2, -0.15) is 8.62 Å². The molecule has 0 bridgehead atoms. The van der Waals surface area contributed by atoms with E-state index >= 15 is 0 Å². The number of carbonyl (C=O) groups is 1. The Balaban J connectivity index is 1.58. The molecule has 0 aliphatic carbocycles. The number of imidazole rings is 1. The van der Waals surface area contributed by atoms with Crippen LogP contribution in [0.1, 0.15) is 41.7 Å². The molecule has 0 saturated carbocycles. The molecule has 0 radical (unpaired) electrons. The molecule has 6 atom stereocenters. The quantitative estimate of drug-likeness (QED) is 0.0607. The number of phosphoric acid groups is 3. The number of nitrogens with two attached hydrogens (primary N) is 1. The maximum atomic E-state index is 13.2. The summed E-state index contributed by atoms with van der Waals surface area (Å²) in [6, 6.07) is 1.95. The molecule has 232 valence electrons. The summed E-state index contributed by atoms with van der Waals surface area (Å²) < 4.78 is 60.0. The van der Waals surface area contributed by atoms with Crippen LogP contribution >= 0.6 is 23.5 Å². The van der Waals surface area contributed by atoms with Gasteiger partial charge >= 0.3 is 29.4 Å². The van der Waals surface area contributed by atoms with Crippen molar-refractivity contribution in [3.05, 3.63) is 52.7 Å². The SMILES string of the molecule is CC(N=[N+]=[N-])c1ncccc1C(=O)O[C@@H]1C[C@H](n2cnc3c(N)ncnc32)O[C@@H]1COP(=O)(O)OP(=O)(O)OP(=O)(O)O. The third kappa shape index (κ3) is 8.18. The molecule has 1 fully saturated rings. The van der Waals surface area contributed by atoms with E-state index in [4.69, 9.17) is 35.0 Å². The highest BCUT2D eigenvalue weighted by molar-refractivity contribution is 7.66. The molecule has 6 N–H and O–H groups in total. The lowest BCUT2D eigenvalue weighted by atomic mass is 10.1. The Bertz CT molecular complexity index is 1710. The van der Waals surface area contributed by atoms with Gasteiger partial charge in [-0.3, -0.25) is 14.1 Å². The maximum absolute atomic E-state index is 13.2. The van der Waals surface area contributed by atoms with E-state index in [-0.39, 0.29) is 34.7 Å². The minimum atomic E-state index is -5.79. The summed E-state index contributed by atoms with van der Waals surface area (Å²) in [6.45, 7) is 0.577. The van der Waals surface area contributed by atoms with Gasteiger partial charge in [-0.1, -0.05) is 12.0 Å².